The molecule has 0 saturated heterocycles. The van der Waals surface area contributed by atoms with Crippen LogP contribution < -0.4 is 19.6 Å². The molecular weight excluding hydrogens is 440 g/mol. The molecule has 0 N–H and O–H groups in total. The maximum absolute atomic E-state index is 13.5. The van der Waals surface area contributed by atoms with Crippen molar-refractivity contribution < 1.29 is 19.1 Å². The number of hydrogen-bond acceptors (Lipinski definition) is 7. The number of nitrogens with zero attached hydrogens (tertiary/aromatic N) is 2. The molecule has 33 heavy (non-hydrogen) atoms. The first-order valence-electron chi connectivity index (χ1n) is 10.4. The van der Waals surface area contributed by atoms with Crippen molar-refractivity contribution >= 4 is 29.4 Å². The van der Waals surface area contributed by atoms with E-state index in [4.69, 9.17) is 9.47 Å². The van der Waals surface area contributed by atoms with Gasteiger partial charge in [0.1, 0.15) is 5.75 Å². The summed E-state index contributed by atoms with van der Waals surface area (Å²) in [5.74, 6) is -0.451. The number of ether oxygens (including phenoxy) is 2. The summed E-state index contributed by atoms with van der Waals surface area (Å²) in [6.45, 7) is 5.07. The van der Waals surface area contributed by atoms with Gasteiger partial charge in [-0.25, -0.2) is 9.79 Å². The quantitative estimate of drug-likeness (QED) is 0.430. The van der Waals surface area contributed by atoms with Crippen LogP contribution in [0.2, 0.25) is 0 Å². The van der Waals surface area contributed by atoms with Crippen molar-refractivity contribution in [3.8, 4) is 5.75 Å². The molecule has 168 valence electrons. The zero-order valence-corrected chi connectivity index (χ0v) is 19.2. The molecule has 2 aromatic carbocycles. The minimum Gasteiger partial charge on any atom is -0.463 e. The molecule has 1 aliphatic heterocycles. The van der Waals surface area contributed by atoms with Crippen molar-refractivity contribution in [3.63, 3.8) is 0 Å². The second-order valence-corrected chi connectivity index (χ2v) is 8.38. The molecule has 8 heteroatoms. The molecule has 0 radical (unpaired) electrons. The van der Waals surface area contributed by atoms with Crippen molar-refractivity contribution in [2.75, 3.05) is 6.61 Å². The number of rotatable bonds is 5. The molecule has 1 aliphatic rings. The van der Waals surface area contributed by atoms with Crippen LogP contribution in [0.1, 0.15) is 37.9 Å². The average molecular weight is 463 g/mol. The van der Waals surface area contributed by atoms with E-state index in [1.807, 2.05) is 30.3 Å². The maximum Gasteiger partial charge on any atom is 0.338 e. The van der Waals surface area contributed by atoms with Crippen LogP contribution in [-0.2, 0) is 14.3 Å². The van der Waals surface area contributed by atoms with Crippen LogP contribution in [0, 0.1) is 0 Å². The lowest BCUT2D eigenvalue weighted by Gasteiger charge is -2.24. The topological polar surface area (TPSA) is 87.0 Å². The zero-order chi connectivity index (χ0) is 23.5. The zero-order valence-electron chi connectivity index (χ0n) is 18.4. The van der Waals surface area contributed by atoms with Crippen LogP contribution in [0.5, 0.6) is 5.75 Å². The third kappa shape index (κ3) is 4.56. The molecular formula is C25H22N2O5S. The highest BCUT2D eigenvalue weighted by molar-refractivity contribution is 7.07. The molecule has 0 fully saturated rings. The van der Waals surface area contributed by atoms with Gasteiger partial charge in [-0.1, -0.05) is 53.8 Å². The average Bonchev–Trinajstić information content (AvgIpc) is 3.09. The van der Waals surface area contributed by atoms with Gasteiger partial charge < -0.3 is 9.47 Å². The fourth-order valence-electron chi connectivity index (χ4n) is 3.69. The van der Waals surface area contributed by atoms with E-state index < -0.39 is 18.0 Å². The summed E-state index contributed by atoms with van der Waals surface area (Å²) < 4.78 is 12.4. The van der Waals surface area contributed by atoms with Gasteiger partial charge in [0, 0.05) is 6.92 Å². The van der Waals surface area contributed by atoms with E-state index in [9.17, 15) is 14.4 Å². The highest BCUT2D eigenvalue weighted by atomic mass is 32.1. The van der Waals surface area contributed by atoms with Crippen molar-refractivity contribution in [3.05, 3.63) is 96.7 Å². The van der Waals surface area contributed by atoms with Crippen molar-refractivity contribution in [1.29, 1.82) is 0 Å². The molecule has 3 aromatic rings. The number of carbonyl (C=O) groups excluding carboxylic acids is 2. The number of aromatic nitrogens is 1. The highest BCUT2D eigenvalue weighted by Gasteiger charge is 2.33. The fraction of sp³-hybridized carbons (Fsp3) is 0.200. The molecule has 4 rings (SSSR count). The van der Waals surface area contributed by atoms with Gasteiger partial charge in [-0.2, -0.15) is 0 Å². The molecule has 0 unspecified atom stereocenters. The Hall–Kier alpha value is -3.78. The second-order valence-electron chi connectivity index (χ2n) is 7.38. The first-order chi connectivity index (χ1) is 15.9. The molecule has 2 heterocycles. The summed E-state index contributed by atoms with van der Waals surface area (Å²) in [5, 5.41) is 0. The smallest absolute Gasteiger partial charge is 0.338 e. The lowest BCUT2D eigenvalue weighted by Crippen LogP contribution is -2.39. The number of fused-ring (bicyclic) bond motifs is 1. The van der Waals surface area contributed by atoms with Gasteiger partial charge in [-0.15, -0.1) is 0 Å². The first-order valence-corrected chi connectivity index (χ1v) is 11.2. The Labute approximate surface area is 193 Å². The Morgan fingerprint density at radius 1 is 1.12 bits per heavy atom. The summed E-state index contributed by atoms with van der Waals surface area (Å²) in [7, 11) is 0. The van der Waals surface area contributed by atoms with E-state index >= 15 is 0 Å². The highest BCUT2D eigenvalue weighted by Crippen LogP contribution is 2.30. The standard InChI is InChI=1S/C25H22N2O5S/c1-4-31-24(30)21-15(2)26-25-27(22(21)18-8-6-5-7-9-18)23(29)20(33-25)14-17-10-12-19(13-11-17)32-16(3)28/h5-14,22H,4H2,1-3H3/b20-14-/t22-/m0/s1. The van der Waals surface area contributed by atoms with Gasteiger partial charge in [0.05, 0.1) is 28.5 Å². The Bertz CT molecular complexity index is 1420. The van der Waals surface area contributed by atoms with E-state index in [0.717, 1.165) is 11.1 Å². The predicted molar refractivity (Wildman–Crippen MR) is 125 cm³/mol. The normalized spacial score (nSPS) is 15.6. The predicted octanol–water partition coefficient (Wildman–Crippen LogP) is 2.72. The Morgan fingerprint density at radius 3 is 2.45 bits per heavy atom. The molecule has 0 spiro atoms. The van der Waals surface area contributed by atoms with Crippen molar-refractivity contribution in [2.45, 2.75) is 26.8 Å². The van der Waals surface area contributed by atoms with E-state index in [0.29, 0.717) is 26.4 Å². The minimum atomic E-state index is -0.630. The lowest BCUT2D eigenvalue weighted by molar-refractivity contribution is -0.139. The van der Waals surface area contributed by atoms with E-state index in [1.165, 1.54) is 18.3 Å². The summed E-state index contributed by atoms with van der Waals surface area (Å²) in [4.78, 5) is 42.5. The van der Waals surface area contributed by atoms with Crippen LogP contribution in [-0.4, -0.2) is 23.1 Å². The van der Waals surface area contributed by atoms with E-state index in [-0.39, 0.29) is 12.2 Å². The van der Waals surface area contributed by atoms with Crippen molar-refractivity contribution in [2.24, 2.45) is 4.99 Å². The number of benzene rings is 2. The van der Waals surface area contributed by atoms with Crippen LogP contribution in [0.25, 0.3) is 6.08 Å². The Balaban J connectivity index is 1.85. The SMILES string of the molecule is CCOC(=O)C1=C(C)N=c2s/c(=C\c3ccc(OC(C)=O)cc3)c(=O)n2[C@H]1c1ccccc1. The first kappa shape index (κ1) is 22.4. The van der Waals surface area contributed by atoms with Crippen LogP contribution in [0.15, 0.2) is 75.7 Å². The summed E-state index contributed by atoms with van der Waals surface area (Å²) in [6, 6.07) is 15.6. The molecule has 0 amide bonds. The largest absolute Gasteiger partial charge is 0.463 e. The molecule has 7 nitrogen and oxygen atoms in total. The third-order valence-electron chi connectivity index (χ3n) is 5.07. The monoisotopic (exact) mass is 462 g/mol. The molecule has 1 atom stereocenters. The second kappa shape index (κ2) is 9.38. The van der Waals surface area contributed by atoms with E-state index in [2.05, 4.69) is 4.99 Å². The summed E-state index contributed by atoms with van der Waals surface area (Å²) >= 11 is 1.26. The number of carbonyl (C=O) groups is 2. The number of esters is 2. The van der Waals surface area contributed by atoms with E-state index in [1.54, 1.807) is 48.8 Å². The van der Waals surface area contributed by atoms with Crippen LogP contribution in [0.3, 0.4) is 0 Å². The number of thiazole rings is 1. The number of hydrogen-bond donors (Lipinski definition) is 0. The van der Waals surface area contributed by atoms with Gasteiger partial charge in [0.25, 0.3) is 5.56 Å². The summed E-state index contributed by atoms with van der Waals surface area (Å²) in [5.41, 5.74) is 2.21. The third-order valence-corrected chi connectivity index (χ3v) is 6.05. The van der Waals surface area contributed by atoms with Gasteiger partial charge in [0.2, 0.25) is 0 Å². The number of allylic oxidation sites excluding steroid dienone is 1. The fourth-order valence-corrected chi connectivity index (χ4v) is 4.74. The lowest BCUT2D eigenvalue weighted by atomic mass is 9.96. The maximum atomic E-state index is 13.5. The summed E-state index contributed by atoms with van der Waals surface area (Å²) in [6.07, 6.45) is 1.76. The van der Waals surface area contributed by atoms with Gasteiger partial charge in [-0.05, 0) is 43.2 Å². The van der Waals surface area contributed by atoms with Crippen LogP contribution in [0.4, 0.5) is 0 Å². The van der Waals surface area contributed by atoms with Gasteiger partial charge >= 0.3 is 11.9 Å². The van der Waals surface area contributed by atoms with Crippen molar-refractivity contribution in [1.82, 2.24) is 4.57 Å². The molecule has 0 bridgehead atoms. The van der Waals surface area contributed by atoms with Gasteiger partial charge in [0.15, 0.2) is 4.80 Å². The molecule has 0 saturated carbocycles. The molecule has 0 aliphatic carbocycles. The molecule has 1 aromatic heterocycles. The Kier molecular flexibility index (Phi) is 6.37. The van der Waals surface area contributed by atoms with Gasteiger partial charge in [-0.3, -0.25) is 14.2 Å². The minimum absolute atomic E-state index is 0.227. The van der Waals surface area contributed by atoms with Crippen LogP contribution >= 0.6 is 11.3 Å². The Morgan fingerprint density at radius 2 is 1.82 bits per heavy atom.